The van der Waals surface area contributed by atoms with Crippen molar-refractivity contribution in [1.29, 1.82) is 0 Å². The summed E-state index contributed by atoms with van der Waals surface area (Å²) < 4.78 is 31.5. The number of hydrogen-bond acceptors (Lipinski definition) is 6. The molecule has 4 rings (SSSR count). The lowest BCUT2D eigenvalue weighted by atomic mass is 10.00. The molecule has 180 valence electrons. The number of sulfonamides is 1. The first-order chi connectivity index (χ1) is 16.8. The van der Waals surface area contributed by atoms with Crippen molar-refractivity contribution in [2.45, 2.75) is 11.8 Å². The van der Waals surface area contributed by atoms with Crippen molar-refractivity contribution in [3.8, 4) is 0 Å². The van der Waals surface area contributed by atoms with Crippen molar-refractivity contribution in [2.75, 3.05) is 30.8 Å². The van der Waals surface area contributed by atoms with Crippen molar-refractivity contribution in [1.82, 2.24) is 4.31 Å². The zero-order chi connectivity index (χ0) is 25.0. The molecule has 0 fully saturated rings. The first kappa shape index (κ1) is 24.2. The van der Waals surface area contributed by atoms with Gasteiger partial charge < -0.3 is 15.4 Å². The number of carbonyl (C=O) groups is 2. The van der Waals surface area contributed by atoms with Crippen molar-refractivity contribution in [3.63, 3.8) is 0 Å². The van der Waals surface area contributed by atoms with E-state index in [2.05, 4.69) is 10.6 Å². The second-order valence-corrected chi connectivity index (χ2v) is 9.88. The van der Waals surface area contributed by atoms with Crippen LogP contribution in [0.4, 0.5) is 11.4 Å². The molecule has 2 N–H and O–H groups in total. The number of nitrogens with zero attached hydrogens (tertiary/aromatic N) is 1. The van der Waals surface area contributed by atoms with Crippen LogP contribution in [0.2, 0.25) is 0 Å². The smallest absolute Gasteiger partial charge is 0.321 e. The Morgan fingerprint density at radius 1 is 0.971 bits per heavy atom. The van der Waals surface area contributed by atoms with Crippen LogP contribution < -0.4 is 10.6 Å². The van der Waals surface area contributed by atoms with E-state index >= 15 is 0 Å². The summed E-state index contributed by atoms with van der Waals surface area (Å²) in [4.78, 5) is 24.6. The molecule has 35 heavy (non-hydrogen) atoms. The highest BCUT2D eigenvalue weighted by Crippen LogP contribution is 2.37. The highest BCUT2D eigenvalue weighted by molar-refractivity contribution is 7.89. The standard InChI is InChI=1S/C26H25N3O5S/c1-3-34-23(30)17-29(2)35(32,33)20-15-13-19(14-16-20)27-25(18-9-5-4-6-10-18)24-21-11-7-8-12-22(21)28-26(24)31/h4-16,27H,3,17H2,1-2H3,(H,28,31)/b25-24-. The molecule has 8 nitrogen and oxygen atoms in total. The monoisotopic (exact) mass is 491 g/mol. The fourth-order valence-electron chi connectivity index (χ4n) is 3.76. The molecule has 0 aromatic heterocycles. The van der Waals surface area contributed by atoms with E-state index in [0.29, 0.717) is 17.0 Å². The zero-order valence-electron chi connectivity index (χ0n) is 19.3. The number of nitrogens with one attached hydrogen (secondary N) is 2. The van der Waals surface area contributed by atoms with E-state index in [1.54, 1.807) is 19.1 Å². The maximum Gasteiger partial charge on any atom is 0.321 e. The van der Waals surface area contributed by atoms with Crippen LogP contribution in [0.1, 0.15) is 18.1 Å². The Morgan fingerprint density at radius 2 is 1.63 bits per heavy atom. The van der Waals surface area contributed by atoms with Gasteiger partial charge >= 0.3 is 5.97 Å². The summed E-state index contributed by atoms with van der Waals surface area (Å²) in [5.41, 5.74) is 4.01. The van der Waals surface area contributed by atoms with Crippen LogP contribution in [-0.2, 0) is 24.3 Å². The lowest BCUT2D eigenvalue weighted by Gasteiger charge is -2.17. The van der Waals surface area contributed by atoms with Gasteiger partial charge in [0.15, 0.2) is 0 Å². The van der Waals surface area contributed by atoms with Gasteiger partial charge in [0.25, 0.3) is 5.91 Å². The van der Waals surface area contributed by atoms with Crippen LogP contribution in [-0.4, -0.2) is 44.8 Å². The van der Waals surface area contributed by atoms with Crippen molar-refractivity contribution >= 4 is 44.5 Å². The number of fused-ring (bicyclic) bond motifs is 1. The van der Waals surface area contributed by atoms with Gasteiger partial charge in [-0.25, -0.2) is 8.42 Å². The SMILES string of the molecule is CCOC(=O)CN(C)S(=O)(=O)c1ccc(N/C(=C2\C(=O)Nc3ccccc32)c2ccccc2)cc1. The topological polar surface area (TPSA) is 105 Å². The molecular formula is C26H25N3O5S. The second kappa shape index (κ2) is 10.1. The number of anilines is 2. The quantitative estimate of drug-likeness (QED) is 0.367. The van der Waals surface area contributed by atoms with Gasteiger partial charge in [-0.05, 0) is 42.8 Å². The van der Waals surface area contributed by atoms with Gasteiger partial charge in [-0.1, -0.05) is 48.5 Å². The van der Waals surface area contributed by atoms with Crippen molar-refractivity contribution in [2.24, 2.45) is 0 Å². The number of amides is 1. The normalized spacial score (nSPS) is 14.3. The van der Waals surface area contributed by atoms with E-state index in [4.69, 9.17) is 4.74 Å². The third-order valence-corrected chi connectivity index (χ3v) is 7.29. The van der Waals surface area contributed by atoms with Gasteiger partial charge in [0, 0.05) is 24.0 Å². The fourth-order valence-corrected chi connectivity index (χ4v) is 4.87. The largest absolute Gasteiger partial charge is 0.465 e. The Morgan fingerprint density at radius 3 is 2.31 bits per heavy atom. The van der Waals surface area contributed by atoms with E-state index in [9.17, 15) is 18.0 Å². The number of benzene rings is 3. The van der Waals surface area contributed by atoms with Crippen LogP contribution in [0.5, 0.6) is 0 Å². The lowest BCUT2D eigenvalue weighted by Crippen LogP contribution is -2.33. The Bertz CT molecular complexity index is 1380. The van der Waals surface area contributed by atoms with Gasteiger partial charge in [-0.15, -0.1) is 0 Å². The summed E-state index contributed by atoms with van der Waals surface area (Å²) in [6.45, 7) is 1.45. The average molecular weight is 492 g/mol. The molecule has 0 bridgehead atoms. The van der Waals surface area contributed by atoms with Crippen LogP contribution in [0.25, 0.3) is 11.3 Å². The molecule has 1 aliphatic rings. The highest BCUT2D eigenvalue weighted by atomic mass is 32.2. The molecule has 9 heteroatoms. The summed E-state index contributed by atoms with van der Waals surface area (Å²) in [6.07, 6.45) is 0. The van der Waals surface area contributed by atoms with Gasteiger partial charge in [0.2, 0.25) is 10.0 Å². The molecule has 0 radical (unpaired) electrons. The minimum absolute atomic E-state index is 0.0349. The predicted molar refractivity (Wildman–Crippen MR) is 135 cm³/mol. The number of para-hydroxylation sites is 1. The maximum absolute atomic E-state index is 12.9. The molecule has 0 aliphatic carbocycles. The van der Waals surface area contributed by atoms with Gasteiger partial charge in [-0.2, -0.15) is 4.31 Å². The van der Waals surface area contributed by atoms with Crippen LogP contribution in [0.3, 0.4) is 0 Å². The second-order valence-electron chi connectivity index (χ2n) is 7.83. The lowest BCUT2D eigenvalue weighted by molar-refractivity contribution is -0.143. The molecule has 0 saturated carbocycles. The molecular weight excluding hydrogens is 466 g/mol. The predicted octanol–water partition coefficient (Wildman–Crippen LogP) is 3.80. The van der Waals surface area contributed by atoms with Gasteiger partial charge in [-0.3, -0.25) is 9.59 Å². The third-order valence-electron chi connectivity index (χ3n) is 5.47. The van der Waals surface area contributed by atoms with Gasteiger partial charge in [0.1, 0.15) is 6.54 Å². The Balaban J connectivity index is 1.66. The summed E-state index contributed by atoms with van der Waals surface area (Å²) in [7, 11) is -2.56. The summed E-state index contributed by atoms with van der Waals surface area (Å²) in [6, 6.07) is 23.0. The average Bonchev–Trinajstić information content (AvgIpc) is 3.19. The third kappa shape index (κ3) is 5.11. The van der Waals surface area contributed by atoms with Crippen molar-refractivity contribution in [3.05, 3.63) is 90.0 Å². The minimum atomic E-state index is -3.89. The molecule has 1 aliphatic heterocycles. The number of esters is 1. The summed E-state index contributed by atoms with van der Waals surface area (Å²) in [5.74, 6) is -0.844. The molecule has 0 spiro atoms. The number of carbonyl (C=O) groups excluding carboxylic acids is 2. The van der Waals surface area contributed by atoms with E-state index < -0.39 is 16.0 Å². The van der Waals surface area contributed by atoms with E-state index in [-0.39, 0.29) is 24.0 Å². The molecule has 0 unspecified atom stereocenters. The maximum atomic E-state index is 12.9. The van der Waals surface area contributed by atoms with E-state index in [1.165, 1.54) is 19.2 Å². The number of rotatable bonds is 8. The van der Waals surface area contributed by atoms with Crippen molar-refractivity contribution < 1.29 is 22.7 Å². The Labute approximate surface area is 204 Å². The molecule has 3 aromatic rings. The zero-order valence-corrected chi connectivity index (χ0v) is 20.1. The first-order valence-corrected chi connectivity index (χ1v) is 12.4. The highest BCUT2D eigenvalue weighted by Gasteiger charge is 2.28. The molecule has 1 heterocycles. The summed E-state index contributed by atoms with van der Waals surface area (Å²) in [5, 5.41) is 6.19. The molecule has 0 saturated heterocycles. The van der Waals surface area contributed by atoms with Crippen LogP contribution in [0, 0.1) is 0 Å². The molecule has 1 amide bonds. The molecule has 3 aromatic carbocycles. The summed E-state index contributed by atoms with van der Waals surface area (Å²) >= 11 is 0. The Kier molecular flexibility index (Phi) is 6.99. The van der Waals surface area contributed by atoms with E-state index in [0.717, 1.165) is 21.1 Å². The Hall–Kier alpha value is -3.95. The number of likely N-dealkylation sites (N-methyl/N-ethyl adjacent to an activating group) is 1. The number of ether oxygens (including phenoxy) is 1. The van der Waals surface area contributed by atoms with Gasteiger partial charge in [0.05, 0.1) is 22.8 Å². The van der Waals surface area contributed by atoms with Crippen LogP contribution in [0.15, 0.2) is 83.8 Å². The first-order valence-electron chi connectivity index (χ1n) is 11.0. The van der Waals surface area contributed by atoms with Crippen LogP contribution >= 0.6 is 0 Å². The fraction of sp³-hybridized carbons (Fsp3) is 0.154. The van der Waals surface area contributed by atoms with E-state index in [1.807, 2.05) is 54.6 Å². The minimum Gasteiger partial charge on any atom is -0.465 e. The number of hydrogen-bond donors (Lipinski definition) is 2. The molecule has 0 atom stereocenters.